The van der Waals surface area contributed by atoms with E-state index in [-0.39, 0.29) is 5.11 Å². The molecule has 0 amide bonds. The normalized spacial score (nSPS) is 9.50. The fraction of sp³-hybridized carbons (Fsp3) is 0.333. The Hall–Kier alpha value is -0.440. The standard InChI is InChI=1S/C3H6N2S/c1-2-5-3(4)6/h2H,1H3,(H2,4,6)/b5-2+. The summed E-state index contributed by atoms with van der Waals surface area (Å²) in [5.74, 6) is 0. The molecule has 0 saturated heterocycles. The van der Waals surface area contributed by atoms with Crippen molar-refractivity contribution in [2.24, 2.45) is 10.7 Å². The summed E-state index contributed by atoms with van der Waals surface area (Å²) in [6, 6.07) is 0. The van der Waals surface area contributed by atoms with E-state index in [4.69, 9.17) is 5.73 Å². The van der Waals surface area contributed by atoms with Crippen molar-refractivity contribution >= 4 is 23.5 Å². The molecule has 0 atom stereocenters. The van der Waals surface area contributed by atoms with Crippen LogP contribution in [-0.2, 0) is 0 Å². The maximum Gasteiger partial charge on any atom is 0.189 e. The van der Waals surface area contributed by atoms with Crippen molar-refractivity contribution in [3.63, 3.8) is 0 Å². The average molecular weight is 102 g/mol. The minimum atomic E-state index is 0.192. The number of nitrogens with zero attached hydrogens (tertiary/aromatic N) is 1. The van der Waals surface area contributed by atoms with Gasteiger partial charge in [-0.1, -0.05) is 0 Å². The van der Waals surface area contributed by atoms with Crippen molar-refractivity contribution < 1.29 is 0 Å². The van der Waals surface area contributed by atoms with E-state index in [0.29, 0.717) is 0 Å². The van der Waals surface area contributed by atoms with E-state index >= 15 is 0 Å². The molecular formula is C3H6N2S. The van der Waals surface area contributed by atoms with Gasteiger partial charge >= 0.3 is 0 Å². The summed E-state index contributed by atoms with van der Waals surface area (Å²) in [5.41, 5.74) is 4.94. The summed E-state index contributed by atoms with van der Waals surface area (Å²) in [4.78, 5) is 3.51. The molecule has 2 nitrogen and oxygen atoms in total. The van der Waals surface area contributed by atoms with Crippen molar-refractivity contribution in [1.29, 1.82) is 0 Å². The molecule has 0 aromatic carbocycles. The van der Waals surface area contributed by atoms with Crippen LogP contribution in [0.15, 0.2) is 4.99 Å². The fourth-order valence-electron chi connectivity index (χ4n) is 0.127. The van der Waals surface area contributed by atoms with Crippen LogP contribution < -0.4 is 5.73 Å². The van der Waals surface area contributed by atoms with Gasteiger partial charge in [0.25, 0.3) is 0 Å². The molecule has 0 unspecified atom stereocenters. The van der Waals surface area contributed by atoms with Gasteiger partial charge in [0.1, 0.15) is 0 Å². The van der Waals surface area contributed by atoms with E-state index in [1.807, 2.05) is 0 Å². The molecule has 0 aromatic heterocycles. The van der Waals surface area contributed by atoms with Crippen LogP contribution in [0.4, 0.5) is 0 Å². The van der Waals surface area contributed by atoms with Gasteiger partial charge in [-0.3, -0.25) is 0 Å². The van der Waals surface area contributed by atoms with E-state index in [0.717, 1.165) is 0 Å². The molecule has 0 aliphatic rings. The number of rotatable bonds is 0. The maximum absolute atomic E-state index is 4.94. The highest BCUT2D eigenvalue weighted by molar-refractivity contribution is 7.80. The Morgan fingerprint density at radius 2 is 2.50 bits per heavy atom. The summed E-state index contributed by atoms with van der Waals surface area (Å²) in [6.07, 6.45) is 1.56. The first kappa shape index (κ1) is 5.56. The zero-order valence-corrected chi connectivity index (χ0v) is 4.33. The van der Waals surface area contributed by atoms with Gasteiger partial charge in [-0.25, -0.2) is 4.99 Å². The molecule has 0 radical (unpaired) electrons. The highest BCUT2D eigenvalue weighted by Gasteiger charge is 1.67. The zero-order chi connectivity index (χ0) is 4.99. The van der Waals surface area contributed by atoms with E-state index in [1.54, 1.807) is 13.1 Å². The highest BCUT2D eigenvalue weighted by Crippen LogP contribution is 1.61. The second-order valence-electron chi connectivity index (χ2n) is 0.726. The number of hydrogen-bond acceptors (Lipinski definition) is 1. The molecule has 0 aromatic rings. The van der Waals surface area contributed by atoms with E-state index < -0.39 is 0 Å². The topological polar surface area (TPSA) is 38.4 Å². The molecule has 0 rings (SSSR count). The summed E-state index contributed by atoms with van der Waals surface area (Å²) in [5, 5.41) is 0.192. The number of aliphatic imine (C=N–C) groups is 1. The Balaban J connectivity index is 3.30. The third-order valence-electron chi connectivity index (χ3n) is 0.256. The Labute approximate surface area is 42.1 Å². The smallest absolute Gasteiger partial charge is 0.189 e. The van der Waals surface area contributed by atoms with Crippen LogP contribution in [0.5, 0.6) is 0 Å². The van der Waals surface area contributed by atoms with Crippen molar-refractivity contribution in [1.82, 2.24) is 0 Å². The van der Waals surface area contributed by atoms with Gasteiger partial charge in [0.15, 0.2) is 5.11 Å². The minimum absolute atomic E-state index is 0.192. The molecule has 0 bridgehead atoms. The van der Waals surface area contributed by atoms with Crippen LogP contribution in [0.2, 0.25) is 0 Å². The molecule has 34 valence electrons. The second-order valence-corrected chi connectivity index (χ2v) is 1.14. The van der Waals surface area contributed by atoms with Crippen molar-refractivity contribution in [2.45, 2.75) is 6.92 Å². The third-order valence-corrected chi connectivity index (χ3v) is 0.362. The third kappa shape index (κ3) is 3.56. The Morgan fingerprint density at radius 3 is 2.50 bits per heavy atom. The van der Waals surface area contributed by atoms with Crippen LogP contribution >= 0.6 is 12.2 Å². The van der Waals surface area contributed by atoms with Gasteiger partial charge in [-0.15, -0.1) is 0 Å². The van der Waals surface area contributed by atoms with Gasteiger partial charge in [-0.05, 0) is 19.1 Å². The number of hydrogen-bond donors (Lipinski definition) is 1. The minimum Gasteiger partial charge on any atom is -0.374 e. The lowest BCUT2D eigenvalue weighted by Gasteiger charge is -1.75. The molecule has 2 N–H and O–H groups in total. The van der Waals surface area contributed by atoms with Gasteiger partial charge < -0.3 is 5.73 Å². The first-order valence-electron chi connectivity index (χ1n) is 1.55. The molecule has 0 aliphatic heterocycles. The largest absolute Gasteiger partial charge is 0.374 e. The Bertz CT molecular complexity index is 76.9. The van der Waals surface area contributed by atoms with Crippen LogP contribution in [-0.4, -0.2) is 11.3 Å². The second kappa shape index (κ2) is 2.78. The first-order chi connectivity index (χ1) is 2.77. The molecular weight excluding hydrogens is 96.1 g/mol. The number of thiocarbonyl (C=S) groups is 1. The molecule has 0 aliphatic carbocycles. The monoisotopic (exact) mass is 102 g/mol. The van der Waals surface area contributed by atoms with E-state index in [2.05, 4.69) is 17.2 Å². The van der Waals surface area contributed by atoms with Crippen LogP contribution in [0, 0.1) is 0 Å². The Kier molecular flexibility index (Phi) is 2.58. The quantitative estimate of drug-likeness (QED) is 0.353. The molecule has 6 heavy (non-hydrogen) atoms. The fourth-order valence-corrected chi connectivity index (χ4v) is 0.233. The van der Waals surface area contributed by atoms with Gasteiger partial charge in [0.05, 0.1) is 0 Å². The van der Waals surface area contributed by atoms with Crippen LogP contribution in [0.3, 0.4) is 0 Å². The predicted molar refractivity (Wildman–Crippen MR) is 31.0 cm³/mol. The van der Waals surface area contributed by atoms with Crippen LogP contribution in [0.25, 0.3) is 0 Å². The molecule has 0 fully saturated rings. The summed E-state index contributed by atoms with van der Waals surface area (Å²) < 4.78 is 0. The summed E-state index contributed by atoms with van der Waals surface area (Å²) in [7, 11) is 0. The van der Waals surface area contributed by atoms with E-state index in [1.165, 1.54) is 0 Å². The average Bonchev–Trinajstić information content (AvgIpc) is 1.35. The maximum atomic E-state index is 4.94. The zero-order valence-electron chi connectivity index (χ0n) is 3.51. The van der Waals surface area contributed by atoms with Gasteiger partial charge in [-0.2, -0.15) is 0 Å². The lowest BCUT2D eigenvalue weighted by Crippen LogP contribution is -2.02. The van der Waals surface area contributed by atoms with Gasteiger partial charge in [0.2, 0.25) is 0 Å². The lowest BCUT2D eigenvalue weighted by atomic mass is 10.9. The van der Waals surface area contributed by atoms with E-state index in [9.17, 15) is 0 Å². The van der Waals surface area contributed by atoms with Crippen molar-refractivity contribution in [3.8, 4) is 0 Å². The van der Waals surface area contributed by atoms with Crippen LogP contribution in [0.1, 0.15) is 6.92 Å². The number of nitrogens with two attached hydrogens (primary N) is 1. The lowest BCUT2D eigenvalue weighted by molar-refractivity contribution is 1.63. The highest BCUT2D eigenvalue weighted by atomic mass is 32.1. The first-order valence-corrected chi connectivity index (χ1v) is 1.96. The molecule has 0 spiro atoms. The van der Waals surface area contributed by atoms with Crippen molar-refractivity contribution in [3.05, 3.63) is 0 Å². The van der Waals surface area contributed by atoms with Gasteiger partial charge in [0, 0.05) is 6.21 Å². The summed E-state index contributed by atoms with van der Waals surface area (Å²) >= 11 is 4.37. The summed E-state index contributed by atoms with van der Waals surface area (Å²) in [6.45, 7) is 1.76. The SMILES string of the molecule is C/C=N/C(N)=S. The van der Waals surface area contributed by atoms with Crippen molar-refractivity contribution in [2.75, 3.05) is 0 Å². The molecule has 0 heterocycles. The predicted octanol–water partition coefficient (Wildman–Crippen LogP) is 0.321. The molecule has 0 saturated carbocycles. The Morgan fingerprint density at radius 1 is 2.00 bits per heavy atom. The molecule has 3 heteroatoms.